The molecule has 2 nitrogen and oxygen atoms in total. The Morgan fingerprint density at radius 1 is 1.05 bits per heavy atom. The molecule has 0 bridgehead atoms. The Morgan fingerprint density at radius 2 is 1.81 bits per heavy atom. The van der Waals surface area contributed by atoms with Gasteiger partial charge >= 0.3 is 0 Å². The van der Waals surface area contributed by atoms with E-state index in [0.29, 0.717) is 4.91 Å². The molecule has 0 N–H and O–H groups in total. The molecule has 0 unspecified atom stereocenters. The van der Waals surface area contributed by atoms with Crippen molar-refractivity contribution in [2.24, 2.45) is 4.99 Å². The fourth-order valence-electron chi connectivity index (χ4n) is 2.17. The minimum absolute atomic E-state index is 0.153. The van der Waals surface area contributed by atoms with E-state index >= 15 is 0 Å². The first kappa shape index (κ1) is 13.8. The van der Waals surface area contributed by atoms with Gasteiger partial charge in [-0.2, -0.15) is 0 Å². The maximum Gasteiger partial charge on any atom is 0.284 e. The van der Waals surface area contributed by atoms with Crippen LogP contribution in [0.25, 0.3) is 6.08 Å². The zero-order valence-corrected chi connectivity index (χ0v) is 12.8. The number of aryl methyl sites for hydroxylation is 2. The first-order valence-corrected chi connectivity index (χ1v) is 7.60. The topological polar surface area (TPSA) is 29.4 Å². The van der Waals surface area contributed by atoms with Crippen LogP contribution in [0.15, 0.2) is 58.4 Å². The van der Waals surface area contributed by atoms with E-state index in [1.54, 1.807) is 0 Å². The van der Waals surface area contributed by atoms with Gasteiger partial charge in [0.25, 0.3) is 5.91 Å². The summed E-state index contributed by atoms with van der Waals surface area (Å²) in [7, 11) is 0. The Morgan fingerprint density at radius 3 is 2.57 bits per heavy atom. The van der Waals surface area contributed by atoms with Crippen LogP contribution in [-0.4, -0.2) is 11.0 Å². The largest absolute Gasteiger partial charge is 0.284 e. The number of thioether (sulfide) groups is 1. The standard InChI is InChI=1S/C18H15NOS/c1-12-8-9-13(2)15(10-12)11-16-17(20)19-18(21-16)14-6-4-3-5-7-14/h3-11H,1-2H3/b16-11-. The summed E-state index contributed by atoms with van der Waals surface area (Å²) in [5, 5.41) is 0.775. The highest BCUT2D eigenvalue weighted by Gasteiger charge is 2.22. The Labute approximate surface area is 128 Å². The summed E-state index contributed by atoms with van der Waals surface area (Å²) in [6, 6.07) is 16.1. The van der Waals surface area contributed by atoms with Gasteiger partial charge in [0.2, 0.25) is 0 Å². The minimum atomic E-state index is -0.153. The third-order valence-corrected chi connectivity index (χ3v) is 4.40. The number of rotatable bonds is 2. The molecule has 104 valence electrons. The number of aliphatic imine (C=N–C) groups is 1. The smallest absolute Gasteiger partial charge is 0.266 e. The molecule has 3 rings (SSSR count). The number of amides is 1. The molecule has 3 heteroatoms. The summed E-state index contributed by atoms with van der Waals surface area (Å²) in [5.74, 6) is -0.153. The molecule has 1 aliphatic rings. The molecule has 1 aliphatic heterocycles. The third kappa shape index (κ3) is 2.98. The van der Waals surface area contributed by atoms with Crippen molar-refractivity contribution in [2.75, 3.05) is 0 Å². The number of hydrogen-bond acceptors (Lipinski definition) is 2. The molecule has 2 aromatic carbocycles. The first-order chi connectivity index (χ1) is 10.1. The van der Waals surface area contributed by atoms with E-state index in [1.165, 1.54) is 17.3 Å². The van der Waals surface area contributed by atoms with Crippen molar-refractivity contribution in [3.63, 3.8) is 0 Å². The lowest BCUT2D eigenvalue weighted by molar-refractivity contribution is -0.113. The zero-order valence-electron chi connectivity index (χ0n) is 12.0. The Kier molecular flexibility index (Phi) is 3.76. The normalized spacial score (nSPS) is 16.4. The van der Waals surface area contributed by atoms with Crippen LogP contribution >= 0.6 is 11.8 Å². The van der Waals surface area contributed by atoms with Crippen LogP contribution < -0.4 is 0 Å². The SMILES string of the molecule is Cc1ccc(C)c(/C=C2\SC(c3ccccc3)=NC2=O)c1. The summed E-state index contributed by atoms with van der Waals surface area (Å²) in [5.41, 5.74) is 4.41. The van der Waals surface area contributed by atoms with Crippen LogP contribution in [-0.2, 0) is 4.79 Å². The molecule has 0 saturated heterocycles. The van der Waals surface area contributed by atoms with E-state index in [2.05, 4.69) is 37.0 Å². The van der Waals surface area contributed by atoms with Gasteiger partial charge in [0, 0.05) is 5.56 Å². The summed E-state index contributed by atoms with van der Waals surface area (Å²) in [6.45, 7) is 4.10. The molecule has 0 saturated carbocycles. The van der Waals surface area contributed by atoms with Crippen molar-refractivity contribution >= 4 is 28.8 Å². The Bertz CT molecular complexity index is 760. The second-order valence-corrected chi connectivity index (χ2v) is 6.09. The lowest BCUT2D eigenvalue weighted by Crippen LogP contribution is -1.90. The molecule has 0 radical (unpaired) electrons. The van der Waals surface area contributed by atoms with Gasteiger partial charge in [-0.15, -0.1) is 0 Å². The zero-order chi connectivity index (χ0) is 14.8. The fourth-order valence-corrected chi connectivity index (χ4v) is 3.08. The van der Waals surface area contributed by atoms with Crippen molar-refractivity contribution in [3.05, 3.63) is 75.7 Å². The molecular formula is C18H15NOS. The molecule has 0 aliphatic carbocycles. The van der Waals surface area contributed by atoms with Crippen LogP contribution in [0.1, 0.15) is 22.3 Å². The number of carbonyl (C=O) groups is 1. The van der Waals surface area contributed by atoms with Gasteiger partial charge in [-0.1, -0.05) is 65.9 Å². The van der Waals surface area contributed by atoms with E-state index in [0.717, 1.165) is 21.7 Å². The van der Waals surface area contributed by atoms with Gasteiger partial charge < -0.3 is 0 Å². The van der Waals surface area contributed by atoms with Crippen molar-refractivity contribution in [1.82, 2.24) is 0 Å². The van der Waals surface area contributed by atoms with Gasteiger partial charge in [-0.3, -0.25) is 4.79 Å². The maximum absolute atomic E-state index is 12.1. The van der Waals surface area contributed by atoms with Crippen LogP contribution in [0.3, 0.4) is 0 Å². The highest BCUT2D eigenvalue weighted by Crippen LogP contribution is 2.32. The van der Waals surface area contributed by atoms with E-state index in [9.17, 15) is 4.79 Å². The number of benzene rings is 2. The summed E-state index contributed by atoms with van der Waals surface area (Å²) >= 11 is 1.44. The summed E-state index contributed by atoms with van der Waals surface area (Å²) in [4.78, 5) is 16.9. The number of nitrogens with zero attached hydrogens (tertiary/aromatic N) is 1. The minimum Gasteiger partial charge on any atom is -0.266 e. The van der Waals surface area contributed by atoms with Gasteiger partial charge in [0.1, 0.15) is 5.04 Å². The first-order valence-electron chi connectivity index (χ1n) is 6.79. The van der Waals surface area contributed by atoms with Gasteiger partial charge in [-0.25, -0.2) is 4.99 Å². The second-order valence-electron chi connectivity index (χ2n) is 5.06. The summed E-state index contributed by atoms with van der Waals surface area (Å²) in [6.07, 6.45) is 1.94. The third-order valence-electron chi connectivity index (χ3n) is 3.36. The highest BCUT2D eigenvalue weighted by molar-refractivity contribution is 8.19. The predicted octanol–water partition coefficient (Wildman–Crippen LogP) is 4.36. The van der Waals surface area contributed by atoms with Gasteiger partial charge in [-0.05, 0) is 31.1 Å². The van der Waals surface area contributed by atoms with Crippen molar-refractivity contribution < 1.29 is 4.79 Å². The predicted molar refractivity (Wildman–Crippen MR) is 89.5 cm³/mol. The molecule has 2 aromatic rings. The molecule has 21 heavy (non-hydrogen) atoms. The molecule has 0 aromatic heterocycles. The molecule has 0 fully saturated rings. The average molecular weight is 293 g/mol. The van der Waals surface area contributed by atoms with Crippen LogP contribution in [0.2, 0.25) is 0 Å². The average Bonchev–Trinajstić information content (AvgIpc) is 2.85. The van der Waals surface area contributed by atoms with E-state index in [1.807, 2.05) is 36.4 Å². The van der Waals surface area contributed by atoms with E-state index in [-0.39, 0.29) is 5.91 Å². The maximum atomic E-state index is 12.1. The fraction of sp³-hybridized carbons (Fsp3) is 0.111. The van der Waals surface area contributed by atoms with Crippen LogP contribution in [0.5, 0.6) is 0 Å². The van der Waals surface area contributed by atoms with Gasteiger partial charge in [0.15, 0.2) is 0 Å². The molecule has 0 atom stereocenters. The Balaban J connectivity index is 1.91. The highest BCUT2D eigenvalue weighted by atomic mass is 32.2. The van der Waals surface area contributed by atoms with Crippen molar-refractivity contribution in [3.8, 4) is 0 Å². The van der Waals surface area contributed by atoms with Crippen LogP contribution in [0, 0.1) is 13.8 Å². The lowest BCUT2D eigenvalue weighted by atomic mass is 10.1. The van der Waals surface area contributed by atoms with Crippen molar-refractivity contribution in [2.45, 2.75) is 13.8 Å². The van der Waals surface area contributed by atoms with Crippen LogP contribution in [0.4, 0.5) is 0 Å². The number of hydrogen-bond donors (Lipinski definition) is 0. The number of carbonyl (C=O) groups excluding carboxylic acids is 1. The molecule has 0 spiro atoms. The van der Waals surface area contributed by atoms with Crippen molar-refractivity contribution in [1.29, 1.82) is 0 Å². The van der Waals surface area contributed by atoms with Gasteiger partial charge in [0.05, 0.1) is 4.91 Å². The molecule has 1 heterocycles. The van der Waals surface area contributed by atoms with E-state index < -0.39 is 0 Å². The quantitative estimate of drug-likeness (QED) is 0.770. The second kappa shape index (κ2) is 5.70. The molecular weight excluding hydrogens is 278 g/mol. The lowest BCUT2D eigenvalue weighted by Gasteiger charge is -2.03. The summed E-state index contributed by atoms with van der Waals surface area (Å²) < 4.78 is 0. The Hall–Kier alpha value is -2.13. The monoisotopic (exact) mass is 293 g/mol. The van der Waals surface area contributed by atoms with E-state index in [4.69, 9.17) is 0 Å². The molecule has 1 amide bonds.